The fourth-order valence-corrected chi connectivity index (χ4v) is 4.32. The second-order valence-corrected chi connectivity index (χ2v) is 7.90. The van der Waals surface area contributed by atoms with Gasteiger partial charge in [0.2, 0.25) is 11.8 Å². The van der Waals surface area contributed by atoms with Gasteiger partial charge in [-0.25, -0.2) is 4.98 Å². The summed E-state index contributed by atoms with van der Waals surface area (Å²) < 4.78 is 0. The summed E-state index contributed by atoms with van der Waals surface area (Å²) in [6.45, 7) is 3.11. The van der Waals surface area contributed by atoms with Gasteiger partial charge in [-0.3, -0.25) is 9.59 Å². The fourth-order valence-electron chi connectivity index (χ4n) is 4.32. The van der Waals surface area contributed by atoms with Crippen molar-refractivity contribution >= 4 is 23.3 Å². The number of piperazine rings is 1. The number of hydrogen-bond acceptors (Lipinski definition) is 4. The van der Waals surface area contributed by atoms with Gasteiger partial charge in [0.15, 0.2) is 0 Å². The van der Waals surface area contributed by atoms with Gasteiger partial charge in [-0.15, -0.1) is 0 Å². The highest BCUT2D eigenvalue weighted by atomic mass is 16.2. The third-order valence-corrected chi connectivity index (χ3v) is 6.05. The van der Waals surface area contributed by atoms with Crippen LogP contribution in [0.2, 0.25) is 0 Å². The van der Waals surface area contributed by atoms with Crippen molar-refractivity contribution in [3.05, 3.63) is 54.7 Å². The zero-order valence-corrected chi connectivity index (χ0v) is 16.7. The summed E-state index contributed by atoms with van der Waals surface area (Å²) in [6, 6.07) is 15.5. The van der Waals surface area contributed by atoms with Crippen LogP contribution in [-0.2, 0) is 9.59 Å². The van der Waals surface area contributed by atoms with Gasteiger partial charge in [0.1, 0.15) is 5.82 Å². The molecule has 6 nitrogen and oxygen atoms in total. The van der Waals surface area contributed by atoms with E-state index in [1.807, 2.05) is 53.4 Å². The number of hydrogen-bond donors (Lipinski definition) is 1. The van der Waals surface area contributed by atoms with Gasteiger partial charge < -0.3 is 15.1 Å². The standard InChI is InChI=1S/C23H28N4O2/c28-22(25-20-6-2-1-3-7-20)18-9-11-19(12-10-18)23(29)27-16-14-26(15-17-27)21-8-4-5-13-24-21/h1-8,13,18-19H,9-12,14-17H2,(H,25,28). The van der Waals surface area contributed by atoms with E-state index in [0.29, 0.717) is 0 Å². The molecule has 152 valence electrons. The SMILES string of the molecule is O=C(Nc1ccccc1)C1CCC(C(=O)N2CCN(c3ccccn3)CC2)CC1. The first-order chi connectivity index (χ1) is 14.2. The number of benzene rings is 1. The van der Waals surface area contributed by atoms with E-state index in [9.17, 15) is 9.59 Å². The summed E-state index contributed by atoms with van der Waals surface area (Å²) in [7, 11) is 0. The van der Waals surface area contributed by atoms with Crippen molar-refractivity contribution in [3.63, 3.8) is 0 Å². The molecule has 0 radical (unpaired) electrons. The maximum atomic E-state index is 13.0. The minimum atomic E-state index is 0.000239. The van der Waals surface area contributed by atoms with Crippen molar-refractivity contribution in [3.8, 4) is 0 Å². The number of carbonyl (C=O) groups is 2. The molecule has 1 aliphatic heterocycles. The minimum absolute atomic E-state index is 0.000239. The molecule has 0 atom stereocenters. The van der Waals surface area contributed by atoms with E-state index in [2.05, 4.69) is 15.2 Å². The summed E-state index contributed by atoms with van der Waals surface area (Å²) in [4.78, 5) is 34.1. The topological polar surface area (TPSA) is 65.5 Å². The van der Waals surface area contributed by atoms with E-state index < -0.39 is 0 Å². The highest BCUT2D eigenvalue weighted by Gasteiger charge is 2.33. The van der Waals surface area contributed by atoms with Crippen LogP contribution < -0.4 is 10.2 Å². The Morgan fingerprint density at radius 1 is 0.828 bits per heavy atom. The summed E-state index contributed by atoms with van der Waals surface area (Å²) in [5.41, 5.74) is 0.835. The van der Waals surface area contributed by atoms with Crippen LogP contribution in [0.15, 0.2) is 54.7 Å². The Bertz CT molecular complexity index is 811. The first kappa shape index (κ1) is 19.4. The monoisotopic (exact) mass is 392 g/mol. The van der Waals surface area contributed by atoms with Crippen LogP contribution >= 0.6 is 0 Å². The van der Waals surface area contributed by atoms with E-state index in [4.69, 9.17) is 0 Å². The van der Waals surface area contributed by atoms with E-state index in [0.717, 1.165) is 63.4 Å². The Labute approximate surface area is 171 Å². The molecule has 0 unspecified atom stereocenters. The molecule has 2 aromatic rings. The van der Waals surface area contributed by atoms with E-state index in [1.54, 1.807) is 6.20 Å². The van der Waals surface area contributed by atoms with Crippen molar-refractivity contribution in [2.75, 3.05) is 36.4 Å². The molecule has 1 saturated heterocycles. The van der Waals surface area contributed by atoms with Crippen LogP contribution in [0.4, 0.5) is 11.5 Å². The van der Waals surface area contributed by atoms with Crippen LogP contribution in [0.1, 0.15) is 25.7 Å². The number of amides is 2. The van der Waals surface area contributed by atoms with Crippen molar-refractivity contribution in [1.29, 1.82) is 0 Å². The number of nitrogens with one attached hydrogen (secondary N) is 1. The zero-order valence-electron chi connectivity index (χ0n) is 16.7. The summed E-state index contributed by atoms with van der Waals surface area (Å²) >= 11 is 0. The minimum Gasteiger partial charge on any atom is -0.353 e. The smallest absolute Gasteiger partial charge is 0.227 e. The molecule has 4 rings (SSSR count). The van der Waals surface area contributed by atoms with Crippen LogP contribution in [0.3, 0.4) is 0 Å². The highest BCUT2D eigenvalue weighted by Crippen LogP contribution is 2.31. The Hall–Kier alpha value is -2.89. The third kappa shape index (κ3) is 4.75. The fraction of sp³-hybridized carbons (Fsp3) is 0.435. The molecule has 1 aliphatic carbocycles. The number of aromatic nitrogens is 1. The first-order valence-electron chi connectivity index (χ1n) is 10.5. The van der Waals surface area contributed by atoms with Gasteiger partial charge in [-0.2, -0.15) is 0 Å². The van der Waals surface area contributed by atoms with Crippen LogP contribution in [0.25, 0.3) is 0 Å². The molecule has 1 N–H and O–H groups in total. The lowest BCUT2D eigenvalue weighted by atomic mass is 9.80. The molecule has 2 fully saturated rings. The van der Waals surface area contributed by atoms with E-state index >= 15 is 0 Å². The second-order valence-electron chi connectivity index (χ2n) is 7.90. The molecule has 1 aromatic heterocycles. The average Bonchev–Trinajstić information content (AvgIpc) is 2.80. The van der Waals surface area contributed by atoms with Gasteiger partial charge in [0, 0.05) is 49.9 Å². The first-order valence-corrected chi connectivity index (χ1v) is 10.5. The lowest BCUT2D eigenvalue weighted by Gasteiger charge is -2.38. The number of para-hydroxylation sites is 1. The number of carbonyl (C=O) groups excluding carboxylic acids is 2. The molecular weight excluding hydrogens is 364 g/mol. The lowest BCUT2D eigenvalue weighted by molar-refractivity contribution is -0.138. The maximum absolute atomic E-state index is 13.0. The largest absolute Gasteiger partial charge is 0.353 e. The van der Waals surface area contributed by atoms with Crippen LogP contribution in [0.5, 0.6) is 0 Å². The molecule has 29 heavy (non-hydrogen) atoms. The van der Waals surface area contributed by atoms with Gasteiger partial charge in [-0.1, -0.05) is 24.3 Å². The van der Waals surface area contributed by atoms with E-state index in [1.165, 1.54) is 0 Å². The third-order valence-electron chi connectivity index (χ3n) is 6.05. The molecular formula is C23H28N4O2. The van der Waals surface area contributed by atoms with Crippen LogP contribution in [0, 0.1) is 11.8 Å². The quantitative estimate of drug-likeness (QED) is 0.868. The average molecular weight is 393 g/mol. The Morgan fingerprint density at radius 3 is 2.14 bits per heavy atom. The summed E-state index contributed by atoms with van der Waals surface area (Å²) in [6.07, 6.45) is 4.96. The number of nitrogens with zero attached hydrogens (tertiary/aromatic N) is 3. The predicted octanol–water partition coefficient (Wildman–Crippen LogP) is 3.18. The molecule has 1 aromatic carbocycles. The van der Waals surface area contributed by atoms with Crippen LogP contribution in [-0.4, -0.2) is 47.9 Å². The van der Waals surface area contributed by atoms with Crippen molar-refractivity contribution < 1.29 is 9.59 Å². The van der Waals surface area contributed by atoms with E-state index in [-0.39, 0.29) is 23.7 Å². The second kappa shape index (κ2) is 9.07. The summed E-state index contributed by atoms with van der Waals surface area (Å²) in [5, 5.41) is 2.99. The molecule has 2 heterocycles. The lowest BCUT2D eigenvalue weighted by Crippen LogP contribution is -2.51. The molecule has 6 heteroatoms. The number of anilines is 2. The predicted molar refractivity (Wildman–Crippen MR) is 114 cm³/mol. The zero-order chi connectivity index (χ0) is 20.1. The Kier molecular flexibility index (Phi) is 6.08. The molecule has 2 amide bonds. The van der Waals surface area contributed by atoms with Gasteiger partial charge >= 0.3 is 0 Å². The molecule has 0 bridgehead atoms. The van der Waals surface area contributed by atoms with Gasteiger partial charge in [-0.05, 0) is 49.9 Å². The van der Waals surface area contributed by atoms with Gasteiger partial charge in [0.25, 0.3) is 0 Å². The Balaban J connectivity index is 1.24. The maximum Gasteiger partial charge on any atom is 0.227 e. The van der Waals surface area contributed by atoms with Gasteiger partial charge in [0.05, 0.1) is 0 Å². The number of rotatable bonds is 4. The molecule has 2 aliphatic rings. The molecule has 1 saturated carbocycles. The normalized spacial score (nSPS) is 22.2. The van der Waals surface area contributed by atoms with Crippen molar-refractivity contribution in [1.82, 2.24) is 9.88 Å². The Morgan fingerprint density at radius 2 is 1.48 bits per heavy atom. The van der Waals surface area contributed by atoms with Crippen molar-refractivity contribution in [2.24, 2.45) is 11.8 Å². The summed E-state index contributed by atoms with van der Waals surface area (Å²) in [5.74, 6) is 1.36. The highest BCUT2D eigenvalue weighted by molar-refractivity contribution is 5.92. The molecule has 0 spiro atoms. The van der Waals surface area contributed by atoms with Crippen molar-refractivity contribution in [2.45, 2.75) is 25.7 Å². The number of pyridine rings is 1.